The molecule has 0 atom stereocenters. The summed E-state index contributed by atoms with van der Waals surface area (Å²) in [6, 6.07) is 5.51. The summed E-state index contributed by atoms with van der Waals surface area (Å²) in [5, 5.41) is 3.11. The number of hydrogen-bond donors (Lipinski definition) is 3. The van der Waals surface area contributed by atoms with Gasteiger partial charge in [-0.15, -0.1) is 0 Å². The summed E-state index contributed by atoms with van der Waals surface area (Å²) >= 11 is 0. The highest BCUT2D eigenvalue weighted by Crippen LogP contribution is 2.18. The summed E-state index contributed by atoms with van der Waals surface area (Å²) in [5.74, 6) is -0.0548. The lowest BCUT2D eigenvalue weighted by molar-refractivity contribution is 0.0933. The predicted octanol–water partition coefficient (Wildman–Crippen LogP) is 2.31. The fourth-order valence-electron chi connectivity index (χ4n) is 2.87. The molecule has 0 bridgehead atoms. The zero-order valence-electron chi connectivity index (χ0n) is 11.4. The van der Waals surface area contributed by atoms with Crippen LogP contribution in [0.4, 0.5) is 0 Å². The summed E-state index contributed by atoms with van der Waals surface area (Å²) < 4.78 is 0. The number of nitrogens with one attached hydrogen (secondary N) is 3. The van der Waals surface area contributed by atoms with Crippen molar-refractivity contribution in [3.63, 3.8) is 0 Å². The van der Waals surface area contributed by atoms with Crippen molar-refractivity contribution in [1.29, 1.82) is 0 Å². The Morgan fingerprint density at radius 2 is 1.75 bits per heavy atom. The van der Waals surface area contributed by atoms with Crippen molar-refractivity contribution in [1.82, 2.24) is 15.3 Å². The van der Waals surface area contributed by atoms with E-state index in [1.807, 2.05) is 0 Å². The summed E-state index contributed by atoms with van der Waals surface area (Å²) in [4.78, 5) is 28.8. The molecule has 0 radical (unpaired) electrons. The molecule has 5 nitrogen and oxygen atoms in total. The third-order valence-corrected chi connectivity index (χ3v) is 3.97. The highest BCUT2D eigenvalue weighted by atomic mass is 16.2. The number of rotatable bonds is 2. The fourth-order valence-corrected chi connectivity index (χ4v) is 2.87. The number of benzene rings is 1. The highest BCUT2D eigenvalue weighted by molar-refractivity contribution is 5.97. The number of imidazole rings is 1. The maximum absolute atomic E-state index is 12.3. The predicted molar refractivity (Wildman–Crippen MR) is 77.9 cm³/mol. The van der Waals surface area contributed by atoms with Crippen LogP contribution >= 0.6 is 0 Å². The molecule has 0 spiro atoms. The minimum absolute atomic E-state index is 0.0548. The smallest absolute Gasteiger partial charge is 0.323 e. The van der Waals surface area contributed by atoms with Crippen molar-refractivity contribution >= 4 is 16.9 Å². The lowest BCUT2D eigenvalue weighted by Gasteiger charge is -2.16. The van der Waals surface area contributed by atoms with Crippen LogP contribution in [0.15, 0.2) is 23.0 Å². The number of aromatic amines is 2. The second-order valence-corrected chi connectivity index (χ2v) is 5.50. The van der Waals surface area contributed by atoms with Gasteiger partial charge in [0.2, 0.25) is 0 Å². The average Bonchev–Trinajstić information content (AvgIpc) is 2.62. The normalized spacial score (nSPS) is 17.0. The SMILES string of the molecule is O=C(NC1CCCCCC1)c1ccc2[nH]c(=O)[nH]c2c1. The lowest BCUT2D eigenvalue weighted by atomic mass is 10.1. The Morgan fingerprint density at radius 3 is 2.50 bits per heavy atom. The molecule has 2 aromatic rings. The van der Waals surface area contributed by atoms with Crippen LogP contribution in [0.3, 0.4) is 0 Å². The molecule has 20 heavy (non-hydrogen) atoms. The quantitative estimate of drug-likeness (QED) is 0.734. The maximum Gasteiger partial charge on any atom is 0.323 e. The van der Waals surface area contributed by atoms with Gasteiger partial charge in [-0.3, -0.25) is 4.79 Å². The van der Waals surface area contributed by atoms with Gasteiger partial charge < -0.3 is 15.3 Å². The van der Waals surface area contributed by atoms with Crippen LogP contribution in [-0.2, 0) is 0 Å². The zero-order valence-corrected chi connectivity index (χ0v) is 11.4. The van der Waals surface area contributed by atoms with Crippen LogP contribution in [0.25, 0.3) is 11.0 Å². The van der Waals surface area contributed by atoms with Crippen molar-refractivity contribution in [3.05, 3.63) is 34.2 Å². The van der Waals surface area contributed by atoms with Gasteiger partial charge in [0.15, 0.2) is 0 Å². The fraction of sp³-hybridized carbons (Fsp3) is 0.467. The third kappa shape index (κ3) is 2.76. The van der Waals surface area contributed by atoms with E-state index in [9.17, 15) is 9.59 Å². The van der Waals surface area contributed by atoms with Gasteiger partial charge in [-0.1, -0.05) is 25.7 Å². The Balaban J connectivity index is 1.75. The number of H-pyrrole nitrogens is 2. The molecule has 1 aromatic heterocycles. The molecular formula is C15H19N3O2. The van der Waals surface area contributed by atoms with Crippen molar-refractivity contribution < 1.29 is 4.79 Å². The minimum Gasteiger partial charge on any atom is -0.349 e. The van der Waals surface area contributed by atoms with Crippen molar-refractivity contribution in [3.8, 4) is 0 Å². The van der Waals surface area contributed by atoms with E-state index in [1.165, 1.54) is 25.7 Å². The molecule has 1 aromatic carbocycles. The van der Waals surface area contributed by atoms with Crippen LogP contribution < -0.4 is 11.0 Å². The van der Waals surface area contributed by atoms with Gasteiger partial charge in [-0.2, -0.15) is 0 Å². The molecule has 1 amide bonds. The first-order valence-electron chi connectivity index (χ1n) is 7.25. The van der Waals surface area contributed by atoms with Gasteiger partial charge in [0.1, 0.15) is 0 Å². The number of hydrogen-bond acceptors (Lipinski definition) is 2. The number of amides is 1. The first kappa shape index (κ1) is 13.0. The largest absolute Gasteiger partial charge is 0.349 e. The van der Waals surface area contributed by atoms with Gasteiger partial charge in [0.05, 0.1) is 11.0 Å². The molecule has 1 aliphatic rings. The van der Waals surface area contributed by atoms with Crippen molar-refractivity contribution in [2.75, 3.05) is 0 Å². The van der Waals surface area contributed by atoms with E-state index in [2.05, 4.69) is 15.3 Å². The molecule has 5 heteroatoms. The Labute approximate surface area is 116 Å². The van der Waals surface area contributed by atoms with Gasteiger partial charge in [0.25, 0.3) is 5.91 Å². The molecular weight excluding hydrogens is 254 g/mol. The van der Waals surface area contributed by atoms with Gasteiger partial charge in [0, 0.05) is 11.6 Å². The van der Waals surface area contributed by atoms with E-state index >= 15 is 0 Å². The maximum atomic E-state index is 12.3. The summed E-state index contributed by atoms with van der Waals surface area (Å²) in [7, 11) is 0. The van der Waals surface area contributed by atoms with E-state index in [4.69, 9.17) is 0 Å². The standard InChI is InChI=1S/C15H19N3O2/c19-14(16-11-5-3-1-2-4-6-11)10-7-8-12-13(9-10)18-15(20)17-12/h7-9,11H,1-6H2,(H,16,19)(H2,17,18,20). The highest BCUT2D eigenvalue weighted by Gasteiger charge is 2.16. The van der Waals surface area contributed by atoms with E-state index < -0.39 is 0 Å². The van der Waals surface area contributed by atoms with Crippen LogP contribution in [0, 0.1) is 0 Å². The second-order valence-electron chi connectivity index (χ2n) is 5.50. The topological polar surface area (TPSA) is 77.8 Å². The minimum atomic E-state index is -0.249. The average molecular weight is 273 g/mol. The number of fused-ring (bicyclic) bond motifs is 1. The van der Waals surface area contributed by atoms with Crippen LogP contribution in [0.5, 0.6) is 0 Å². The summed E-state index contributed by atoms with van der Waals surface area (Å²) in [6.07, 6.45) is 7.04. The molecule has 106 valence electrons. The first-order valence-corrected chi connectivity index (χ1v) is 7.25. The van der Waals surface area contributed by atoms with E-state index in [0.717, 1.165) is 18.4 Å². The third-order valence-electron chi connectivity index (χ3n) is 3.97. The number of aromatic nitrogens is 2. The van der Waals surface area contributed by atoms with Crippen molar-refractivity contribution in [2.24, 2.45) is 0 Å². The molecule has 3 rings (SSSR count). The molecule has 1 heterocycles. The molecule has 3 N–H and O–H groups in total. The van der Waals surface area contributed by atoms with Crippen LogP contribution in [0.1, 0.15) is 48.9 Å². The molecule has 1 aliphatic carbocycles. The second kappa shape index (κ2) is 5.53. The Kier molecular flexibility index (Phi) is 3.58. The molecule has 1 fully saturated rings. The first-order chi connectivity index (χ1) is 9.72. The van der Waals surface area contributed by atoms with Gasteiger partial charge >= 0.3 is 5.69 Å². The van der Waals surface area contributed by atoms with E-state index in [0.29, 0.717) is 11.1 Å². The molecule has 0 saturated heterocycles. The Bertz CT molecular complexity index is 663. The lowest BCUT2D eigenvalue weighted by Crippen LogP contribution is -2.34. The molecule has 0 aliphatic heterocycles. The summed E-state index contributed by atoms with van der Waals surface area (Å²) in [5.41, 5.74) is 1.74. The Hall–Kier alpha value is -2.04. The number of carbonyl (C=O) groups excluding carboxylic acids is 1. The van der Waals surface area contributed by atoms with Crippen molar-refractivity contribution in [2.45, 2.75) is 44.6 Å². The van der Waals surface area contributed by atoms with E-state index in [1.54, 1.807) is 18.2 Å². The van der Waals surface area contributed by atoms with E-state index in [-0.39, 0.29) is 17.6 Å². The molecule has 0 unspecified atom stereocenters. The zero-order chi connectivity index (χ0) is 13.9. The van der Waals surface area contributed by atoms with Gasteiger partial charge in [-0.25, -0.2) is 4.79 Å². The van der Waals surface area contributed by atoms with Crippen LogP contribution in [-0.4, -0.2) is 21.9 Å². The Morgan fingerprint density at radius 1 is 1.05 bits per heavy atom. The summed E-state index contributed by atoms with van der Waals surface area (Å²) in [6.45, 7) is 0. The molecule has 1 saturated carbocycles. The van der Waals surface area contributed by atoms with Gasteiger partial charge in [-0.05, 0) is 31.0 Å². The monoisotopic (exact) mass is 273 g/mol. The van der Waals surface area contributed by atoms with Crippen LogP contribution in [0.2, 0.25) is 0 Å². The number of carbonyl (C=O) groups is 1.